The molecule has 1 aliphatic heterocycles. The van der Waals surface area contributed by atoms with Gasteiger partial charge >= 0.3 is 6.09 Å². The lowest BCUT2D eigenvalue weighted by molar-refractivity contribution is 0.0561. The van der Waals surface area contributed by atoms with Crippen LogP contribution in [0, 0.1) is 11.3 Å². The predicted molar refractivity (Wildman–Crippen MR) is 125 cm³/mol. The number of hydrogen-bond acceptors (Lipinski definition) is 3. The number of benzene rings is 1. The first-order valence-corrected chi connectivity index (χ1v) is 11.4. The number of amides is 1. The Morgan fingerprint density at radius 2 is 1.84 bits per heavy atom. The smallest absolute Gasteiger partial charge is 0.407 e. The predicted octanol–water partition coefficient (Wildman–Crippen LogP) is 5.30. The topological polar surface area (TPSA) is 56.7 Å². The Morgan fingerprint density at radius 3 is 2.42 bits per heavy atom. The van der Waals surface area contributed by atoms with Crippen molar-refractivity contribution in [2.45, 2.75) is 66.1 Å². The van der Waals surface area contributed by atoms with Crippen molar-refractivity contribution in [2.75, 3.05) is 13.1 Å². The van der Waals surface area contributed by atoms with Gasteiger partial charge in [0.15, 0.2) is 0 Å². The third-order valence-corrected chi connectivity index (χ3v) is 6.16. The van der Waals surface area contributed by atoms with Crippen molar-refractivity contribution in [1.82, 2.24) is 14.8 Å². The molecule has 1 unspecified atom stereocenters. The van der Waals surface area contributed by atoms with Gasteiger partial charge in [0.25, 0.3) is 0 Å². The first kappa shape index (κ1) is 23.3. The van der Waals surface area contributed by atoms with Crippen molar-refractivity contribution < 1.29 is 9.90 Å². The van der Waals surface area contributed by atoms with E-state index in [-0.39, 0.29) is 17.5 Å². The van der Waals surface area contributed by atoms with Crippen LogP contribution in [0.15, 0.2) is 48.7 Å². The van der Waals surface area contributed by atoms with Crippen LogP contribution in [0.4, 0.5) is 4.79 Å². The zero-order valence-electron chi connectivity index (χ0n) is 19.6. The minimum Gasteiger partial charge on any atom is -0.465 e. The molecule has 1 saturated heterocycles. The van der Waals surface area contributed by atoms with Crippen LogP contribution in [-0.4, -0.2) is 51.2 Å². The highest BCUT2D eigenvalue weighted by Crippen LogP contribution is 2.37. The summed E-state index contributed by atoms with van der Waals surface area (Å²) in [5.74, 6) is 0.502. The average Bonchev–Trinajstić information content (AvgIpc) is 3.15. The fourth-order valence-corrected chi connectivity index (χ4v) is 5.00. The van der Waals surface area contributed by atoms with E-state index >= 15 is 0 Å². The third-order valence-electron chi connectivity index (χ3n) is 6.16. The van der Waals surface area contributed by atoms with Gasteiger partial charge in [-0.2, -0.15) is 0 Å². The van der Waals surface area contributed by atoms with Gasteiger partial charge in [-0.05, 0) is 41.0 Å². The number of aromatic nitrogens is 1. The standard InChI is InChI=1S/C26H37N3O2/c1-19(2)17-28(23-13-15-29(25(30)31)24(23)26(3,4)5)18-21-11-7-6-10-20(21)16-22-12-8-9-14-27-22/h6-12,14,19,23-24H,13,15-18H2,1-5H3,(H,30,31)/t23-,24?/m0/s1. The highest BCUT2D eigenvalue weighted by molar-refractivity contribution is 5.66. The summed E-state index contributed by atoms with van der Waals surface area (Å²) in [4.78, 5) is 20.7. The molecule has 0 aliphatic carbocycles. The van der Waals surface area contributed by atoms with Gasteiger partial charge in [-0.3, -0.25) is 9.88 Å². The monoisotopic (exact) mass is 423 g/mol. The zero-order valence-corrected chi connectivity index (χ0v) is 19.6. The van der Waals surface area contributed by atoms with Crippen LogP contribution in [0.5, 0.6) is 0 Å². The molecule has 1 aromatic heterocycles. The first-order valence-electron chi connectivity index (χ1n) is 11.4. The van der Waals surface area contributed by atoms with Gasteiger partial charge < -0.3 is 10.0 Å². The Kier molecular flexibility index (Phi) is 7.37. The molecule has 0 bridgehead atoms. The van der Waals surface area contributed by atoms with E-state index in [4.69, 9.17) is 0 Å². The largest absolute Gasteiger partial charge is 0.465 e. The molecule has 3 rings (SSSR count). The van der Waals surface area contributed by atoms with Crippen LogP contribution in [-0.2, 0) is 13.0 Å². The molecule has 0 spiro atoms. The maximum atomic E-state index is 12.0. The minimum absolute atomic E-state index is 0.0216. The van der Waals surface area contributed by atoms with Crippen molar-refractivity contribution in [2.24, 2.45) is 11.3 Å². The van der Waals surface area contributed by atoms with Gasteiger partial charge in [0.05, 0.1) is 6.04 Å². The van der Waals surface area contributed by atoms with E-state index < -0.39 is 6.09 Å². The van der Waals surface area contributed by atoms with Crippen LogP contribution >= 0.6 is 0 Å². The van der Waals surface area contributed by atoms with E-state index in [0.717, 1.165) is 31.6 Å². The van der Waals surface area contributed by atoms with Gasteiger partial charge in [-0.15, -0.1) is 0 Å². The van der Waals surface area contributed by atoms with Crippen molar-refractivity contribution in [1.29, 1.82) is 0 Å². The van der Waals surface area contributed by atoms with Crippen molar-refractivity contribution in [3.05, 3.63) is 65.5 Å². The van der Waals surface area contributed by atoms with Gasteiger partial charge in [0.1, 0.15) is 0 Å². The molecule has 2 heterocycles. The van der Waals surface area contributed by atoms with E-state index in [9.17, 15) is 9.90 Å². The molecule has 168 valence electrons. The van der Waals surface area contributed by atoms with Gasteiger partial charge in [0.2, 0.25) is 0 Å². The number of carboxylic acid groups (broad SMARTS) is 1. The van der Waals surface area contributed by atoms with Crippen LogP contribution in [0.1, 0.15) is 57.9 Å². The Labute approximate surface area is 187 Å². The van der Waals surface area contributed by atoms with E-state index in [1.807, 2.05) is 18.3 Å². The molecule has 2 aromatic rings. The number of hydrogen-bond donors (Lipinski definition) is 1. The summed E-state index contributed by atoms with van der Waals surface area (Å²) in [7, 11) is 0. The summed E-state index contributed by atoms with van der Waals surface area (Å²) < 4.78 is 0. The van der Waals surface area contributed by atoms with Crippen LogP contribution in [0.25, 0.3) is 0 Å². The van der Waals surface area contributed by atoms with Gasteiger partial charge in [0, 0.05) is 44.0 Å². The second kappa shape index (κ2) is 9.82. The summed E-state index contributed by atoms with van der Waals surface area (Å²) in [6, 6.07) is 14.8. The van der Waals surface area contributed by atoms with Crippen molar-refractivity contribution >= 4 is 6.09 Å². The molecule has 2 atom stereocenters. The lowest BCUT2D eigenvalue weighted by Gasteiger charge is -2.42. The maximum absolute atomic E-state index is 12.0. The van der Waals surface area contributed by atoms with E-state index in [0.29, 0.717) is 12.5 Å². The lowest BCUT2D eigenvalue weighted by Crippen LogP contribution is -2.53. The molecular weight excluding hydrogens is 386 g/mol. The van der Waals surface area contributed by atoms with Crippen molar-refractivity contribution in [3.8, 4) is 0 Å². The highest BCUT2D eigenvalue weighted by Gasteiger charge is 2.46. The van der Waals surface area contributed by atoms with Gasteiger partial charge in [-0.1, -0.05) is 65.0 Å². The molecule has 0 radical (unpaired) electrons. The Bertz CT molecular complexity index is 860. The quantitative estimate of drug-likeness (QED) is 0.657. The molecule has 0 saturated carbocycles. The molecule has 31 heavy (non-hydrogen) atoms. The molecule has 5 nitrogen and oxygen atoms in total. The Balaban J connectivity index is 1.90. The molecule has 1 aliphatic rings. The number of pyridine rings is 1. The fourth-order valence-electron chi connectivity index (χ4n) is 5.00. The Hall–Kier alpha value is -2.40. The third kappa shape index (κ3) is 5.85. The van der Waals surface area contributed by atoms with E-state index in [2.05, 4.69) is 74.8 Å². The fraction of sp³-hybridized carbons (Fsp3) is 0.538. The summed E-state index contributed by atoms with van der Waals surface area (Å²) >= 11 is 0. The number of rotatable bonds is 7. The second-order valence-corrected chi connectivity index (χ2v) is 10.2. The molecule has 1 aromatic carbocycles. The van der Waals surface area contributed by atoms with E-state index in [1.54, 1.807) is 4.90 Å². The summed E-state index contributed by atoms with van der Waals surface area (Å²) in [5, 5.41) is 9.83. The normalized spacial score (nSPS) is 19.4. The maximum Gasteiger partial charge on any atom is 0.407 e. The van der Waals surface area contributed by atoms with Crippen LogP contribution < -0.4 is 0 Å². The number of carbonyl (C=O) groups is 1. The van der Waals surface area contributed by atoms with Crippen LogP contribution in [0.2, 0.25) is 0 Å². The highest BCUT2D eigenvalue weighted by atomic mass is 16.4. The molecule has 1 N–H and O–H groups in total. The number of nitrogens with zero attached hydrogens (tertiary/aromatic N) is 3. The molecule has 1 fully saturated rings. The molecular formula is C26H37N3O2. The molecule has 1 amide bonds. The Morgan fingerprint density at radius 1 is 1.16 bits per heavy atom. The summed E-state index contributed by atoms with van der Waals surface area (Å²) in [6.45, 7) is 13.3. The SMILES string of the molecule is CC(C)CN(Cc1ccccc1Cc1ccccn1)[C@H]1CCN(C(=O)O)C1C(C)(C)C. The summed E-state index contributed by atoms with van der Waals surface area (Å²) in [6.07, 6.45) is 2.72. The lowest BCUT2D eigenvalue weighted by atomic mass is 9.81. The number of likely N-dealkylation sites (tertiary alicyclic amines) is 1. The van der Waals surface area contributed by atoms with Crippen LogP contribution in [0.3, 0.4) is 0 Å². The van der Waals surface area contributed by atoms with E-state index in [1.165, 1.54) is 11.1 Å². The minimum atomic E-state index is -0.803. The average molecular weight is 424 g/mol. The van der Waals surface area contributed by atoms with Crippen molar-refractivity contribution in [3.63, 3.8) is 0 Å². The first-order chi connectivity index (χ1) is 14.7. The zero-order chi connectivity index (χ0) is 22.6. The summed E-state index contributed by atoms with van der Waals surface area (Å²) in [5.41, 5.74) is 3.53. The molecule has 5 heteroatoms. The van der Waals surface area contributed by atoms with Gasteiger partial charge in [-0.25, -0.2) is 4.79 Å². The second-order valence-electron chi connectivity index (χ2n) is 10.2.